The zero-order valence-electron chi connectivity index (χ0n) is 11.0. The zero-order valence-corrected chi connectivity index (χ0v) is 11.8. The average molecular weight is 274 g/mol. The van der Waals surface area contributed by atoms with Gasteiger partial charge in [0.25, 0.3) is 0 Å². The van der Waals surface area contributed by atoms with E-state index >= 15 is 0 Å². The summed E-state index contributed by atoms with van der Waals surface area (Å²) in [7, 11) is 0. The molecule has 2 rings (SSSR count). The number of nitrogens with one attached hydrogen (secondary N) is 2. The van der Waals surface area contributed by atoms with Crippen LogP contribution in [0.4, 0.5) is 5.69 Å². The molecule has 1 amide bonds. The Bertz CT molecular complexity index is 505. The van der Waals surface area contributed by atoms with Crippen molar-refractivity contribution >= 4 is 22.9 Å². The van der Waals surface area contributed by atoms with E-state index in [-0.39, 0.29) is 5.91 Å². The molecule has 0 saturated carbocycles. The molecule has 19 heavy (non-hydrogen) atoms. The largest absolute Gasteiger partial charge is 0.325 e. The van der Waals surface area contributed by atoms with E-state index in [1.807, 2.05) is 37.3 Å². The van der Waals surface area contributed by atoms with Gasteiger partial charge in [-0.15, -0.1) is 11.3 Å². The predicted octanol–water partition coefficient (Wildman–Crippen LogP) is 2.83. The minimum Gasteiger partial charge on any atom is -0.325 e. The molecule has 1 aromatic heterocycles. The van der Waals surface area contributed by atoms with E-state index < -0.39 is 0 Å². The van der Waals surface area contributed by atoms with Gasteiger partial charge in [-0.1, -0.05) is 23.8 Å². The fourth-order valence-corrected chi connectivity index (χ4v) is 2.42. The lowest BCUT2D eigenvalue weighted by Gasteiger charge is -2.06. The molecule has 3 nitrogen and oxygen atoms in total. The van der Waals surface area contributed by atoms with Gasteiger partial charge in [0.1, 0.15) is 0 Å². The van der Waals surface area contributed by atoms with Gasteiger partial charge in [0.2, 0.25) is 5.91 Å². The maximum atomic E-state index is 11.7. The second kappa shape index (κ2) is 7.07. The molecule has 0 aliphatic carbocycles. The number of anilines is 1. The van der Waals surface area contributed by atoms with Crippen molar-refractivity contribution < 1.29 is 4.79 Å². The van der Waals surface area contributed by atoms with Gasteiger partial charge >= 0.3 is 0 Å². The van der Waals surface area contributed by atoms with Crippen molar-refractivity contribution in [3.05, 3.63) is 52.2 Å². The minimum atomic E-state index is -0.00460. The zero-order chi connectivity index (χ0) is 13.5. The van der Waals surface area contributed by atoms with Crippen LogP contribution in [0.25, 0.3) is 0 Å². The van der Waals surface area contributed by atoms with Crippen molar-refractivity contribution in [3.8, 4) is 0 Å². The molecular weight excluding hydrogens is 256 g/mol. The van der Waals surface area contributed by atoms with Crippen LogP contribution in [0.2, 0.25) is 0 Å². The Morgan fingerprint density at radius 2 is 2.00 bits per heavy atom. The number of carbonyl (C=O) groups is 1. The SMILES string of the molecule is Cc1ccc(NC(=O)CNCCc2cccs2)cc1. The van der Waals surface area contributed by atoms with Crippen molar-refractivity contribution in [2.24, 2.45) is 0 Å². The molecule has 0 bridgehead atoms. The van der Waals surface area contributed by atoms with Crippen LogP contribution in [0.5, 0.6) is 0 Å². The third-order valence-corrected chi connectivity index (χ3v) is 3.69. The lowest BCUT2D eigenvalue weighted by Crippen LogP contribution is -2.29. The summed E-state index contributed by atoms with van der Waals surface area (Å²) in [6.45, 7) is 3.19. The van der Waals surface area contributed by atoms with Gasteiger partial charge in [-0.05, 0) is 36.9 Å². The van der Waals surface area contributed by atoms with Gasteiger partial charge in [-0.25, -0.2) is 0 Å². The van der Waals surface area contributed by atoms with Crippen molar-refractivity contribution in [2.75, 3.05) is 18.4 Å². The van der Waals surface area contributed by atoms with Crippen LogP contribution in [0.15, 0.2) is 41.8 Å². The molecule has 2 N–H and O–H groups in total. The van der Waals surface area contributed by atoms with Crippen molar-refractivity contribution in [1.82, 2.24) is 5.32 Å². The molecule has 0 atom stereocenters. The van der Waals surface area contributed by atoms with Crippen LogP contribution in [0.3, 0.4) is 0 Å². The summed E-state index contributed by atoms with van der Waals surface area (Å²) in [4.78, 5) is 13.0. The molecule has 0 saturated heterocycles. The molecule has 0 spiro atoms. The smallest absolute Gasteiger partial charge is 0.238 e. The Morgan fingerprint density at radius 3 is 2.68 bits per heavy atom. The molecule has 0 aliphatic heterocycles. The van der Waals surface area contributed by atoms with Gasteiger partial charge < -0.3 is 10.6 Å². The number of amides is 1. The fraction of sp³-hybridized carbons (Fsp3) is 0.267. The van der Waals surface area contributed by atoms with Gasteiger partial charge in [0.15, 0.2) is 0 Å². The Kier molecular flexibility index (Phi) is 5.12. The fourth-order valence-electron chi connectivity index (χ4n) is 1.71. The second-order valence-electron chi connectivity index (χ2n) is 4.42. The van der Waals surface area contributed by atoms with Crippen molar-refractivity contribution in [1.29, 1.82) is 0 Å². The molecule has 1 aromatic carbocycles. The standard InChI is InChI=1S/C15H18N2OS/c1-12-4-6-13(7-5-12)17-15(18)11-16-9-8-14-3-2-10-19-14/h2-7,10,16H,8-9,11H2,1H3,(H,17,18). The number of hydrogen-bond acceptors (Lipinski definition) is 3. The van der Waals surface area contributed by atoms with Gasteiger partial charge in [-0.2, -0.15) is 0 Å². The van der Waals surface area contributed by atoms with Crippen LogP contribution in [-0.4, -0.2) is 19.0 Å². The van der Waals surface area contributed by atoms with Gasteiger partial charge in [0.05, 0.1) is 6.54 Å². The van der Waals surface area contributed by atoms with E-state index in [1.54, 1.807) is 11.3 Å². The number of carbonyl (C=O) groups excluding carboxylic acids is 1. The first-order valence-corrected chi connectivity index (χ1v) is 7.21. The maximum absolute atomic E-state index is 11.7. The van der Waals surface area contributed by atoms with Crippen LogP contribution >= 0.6 is 11.3 Å². The summed E-state index contributed by atoms with van der Waals surface area (Å²) < 4.78 is 0. The molecule has 1 heterocycles. The Hall–Kier alpha value is -1.65. The van der Waals surface area contributed by atoms with Crippen LogP contribution in [0, 0.1) is 6.92 Å². The van der Waals surface area contributed by atoms with Gasteiger partial charge in [-0.3, -0.25) is 4.79 Å². The Morgan fingerprint density at radius 1 is 1.21 bits per heavy atom. The summed E-state index contributed by atoms with van der Waals surface area (Å²) in [6, 6.07) is 12.0. The number of rotatable bonds is 6. The first-order valence-electron chi connectivity index (χ1n) is 6.33. The molecule has 0 aliphatic rings. The number of hydrogen-bond donors (Lipinski definition) is 2. The number of benzene rings is 1. The summed E-state index contributed by atoms with van der Waals surface area (Å²) in [5.74, 6) is -0.00460. The highest BCUT2D eigenvalue weighted by Gasteiger charge is 2.01. The summed E-state index contributed by atoms with van der Waals surface area (Å²) >= 11 is 1.75. The highest BCUT2D eigenvalue weighted by molar-refractivity contribution is 7.09. The first-order chi connectivity index (χ1) is 9.24. The van der Waals surface area contributed by atoms with E-state index in [1.165, 1.54) is 10.4 Å². The van der Waals surface area contributed by atoms with E-state index in [9.17, 15) is 4.79 Å². The lowest BCUT2D eigenvalue weighted by atomic mass is 10.2. The molecule has 0 unspecified atom stereocenters. The van der Waals surface area contributed by atoms with E-state index in [0.29, 0.717) is 6.54 Å². The molecule has 4 heteroatoms. The quantitative estimate of drug-likeness (QED) is 0.795. The molecule has 2 aromatic rings. The number of thiophene rings is 1. The minimum absolute atomic E-state index is 0.00460. The molecule has 100 valence electrons. The average Bonchev–Trinajstić information content (AvgIpc) is 2.91. The highest BCUT2D eigenvalue weighted by Crippen LogP contribution is 2.09. The third-order valence-electron chi connectivity index (χ3n) is 2.75. The summed E-state index contributed by atoms with van der Waals surface area (Å²) in [5.41, 5.74) is 2.03. The first kappa shape index (κ1) is 13.8. The molecule has 0 fully saturated rings. The van der Waals surface area contributed by atoms with Crippen LogP contribution < -0.4 is 10.6 Å². The number of aryl methyl sites for hydroxylation is 1. The third kappa shape index (κ3) is 4.85. The Balaban J connectivity index is 1.65. The molecule has 0 radical (unpaired) electrons. The van der Waals surface area contributed by atoms with E-state index in [0.717, 1.165) is 18.7 Å². The van der Waals surface area contributed by atoms with Gasteiger partial charge in [0, 0.05) is 17.1 Å². The van der Waals surface area contributed by atoms with Crippen molar-refractivity contribution in [2.45, 2.75) is 13.3 Å². The normalized spacial score (nSPS) is 10.4. The van der Waals surface area contributed by atoms with Crippen LogP contribution in [-0.2, 0) is 11.2 Å². The lowest BCUT2D eigenvalue weighted by molar-refractivity contribution is -0.115. The maximum Gasteiger partial charge on any atom is 0.238 e. The Labute approximate surface area is 117 Å². The van der Waals surface area contributed by atoms with Crippen molar-refractivity contribution in [3.63, 3.8) is 0 Å². The van der Waals surface area contributed by atoms with E-state index in [2.05, 4.69) is 22.1 Å². The topological polar surface area (TPSA) is 41.1 Å². The predicted molar refractivity (Wildman–Crippen MR) is 80.7 cm³/mol. The summed E-state index contributed by atoms with van der Waals surface area (Å²) in [6.07, 6.45) is 0.968. The summed E-state index contributed by atoms with van der Waals surface area (Å²) in [5, 5.41) is 8.08. The van der Waals surface area contributed by atoms with E-state index in [4.69, 9.17) is 0 Å². The molecular formula is C15H18N2OS. The second-order valence-corrected chi connectivity index (χ2v) is 5.45. The monoisotopic (exact) mass is 274 g/mol. The highest BCUT2D eigenvalue weighted by atomic mass is 32.1. The van der Waals surface area contributed by atoms with Crippen LogP contribution in [0.1, 0.15) is 10.4 Å².